The average molecular weight is 419 g/mol. The van der Waals surface area contributed by atoms with E-state index in [4.69, 9.17) is 21.1 Å². The number of alkyl halides is 1. The lowest BCUT2D eigenvalue weighted by Crippen LogP contribution is -2.15. The zero-order valence-corrected chi connectivity index (χ0v) is 14.3. The molecule has 2 nitrogen and oxygen atoms in total. The highest BCUT2D eigenvalue weighted by Gasteiger charge is 2.20. The van der Waals surface area contributed by atoms with Gasteiger partial charge < -0.3 is 9.47 Å². The van der Waals surface area contributed by atoms with Gasteiger partial charge in [0.05, 0.1) is 4.83 Å². The summed E-state index contributed by atoms with van der Waals surface area (Å²) >= 11 is 13.5. The Kier molecular flexibility index (Phi) is 4.24. The molecular formula is C15H11Br2ClO2. The molecule has 5 heteroatoms. The third-order valence-corrected chi connectivity index (χ3v) is 4.98. The molecular weight excluding hydrogens is 407 g/mol. The number of fused-ring (bicyclic) bond motifs is 1. The van der Waals surface area contributed by atoms with Gasteiger partial charge in [0.25, 0.3) is 0 Å². The zero-order valence-electron chi connectivity index (χ0n) is 10.4. The maximum absolute atomic E-state index is 6.36. The van der Waals surface area contributed by atoms with E-state index >= 15 is 0 Å². The van der Waals surface area contributed by atoms with Crippen molar-refractivity contribution < 1.29 is 9.47 Å². The first kappa shape index (κ1) is 14.2. The summed E-state index contributed by atoms with van der Waals surface area (Å²) < 4.78 is 12.2. The Balaban J connectivity index is 1.98. The molecule has 0 spiro atoms. The minimum Gasteiger partial charge on any atom is -0.486 e. The lowest BCUT2D eigenvalue weighted by molar-refractivity contribution is 0.171. The minimum atomic E-state index is 0.0129. The Morgan fingerprint density at radius 2 is 1.60 bits per heavy atom. The Morgan fingerprint density at radius 3 is 2.25 bits per heavy atom. The highest BCUT2D eigenvalue weighted by atomic mass is 79.9. The van der Waals surface area contributed by atoms with E-state index in [9.17, 15) is 0 Å². The lowest BCUT2D eigenvalue weighted by Gasteiger charge is -2.21. The maximum Gasteiger partial charge on any atom is 0.162 e. The van der Waals surface area contributed by atoms with Crippen molar-refractivity contribution in [3.8, 4) is 11.5 Å². The van der Waals surface area contributed by atoms with Gasteiger partial charge >= 0.3 is 0 Å². The third kappa shape index (κ3) is 2.83. The van der Waals surface area contributed by atoms with Gasteiger partial charge in [-0.2, -0.15) is 0 Å². The number of rotatable bonds is 2. The SMILES string of the molecule is Clc1cc2c(cc1C(Br)c1ccc(Br)cc1)OCCO2. The molecule has 20 heavy (non-hydrogen) atoms. The zero-order chi connectivity index (χ0) is 14.1. The van der Waals surface area contributed by atoms with Crippen molar-refractivity contribution in [3.63, 3.8) is 0 Å². The predicted octanol–water partition coefficient (Wildman–Crippen LogP) is 5.36. The van der Waals surface area contributed by atoms with Crippen LogP contribution >= 0.6 is 43.5 Å². The van der Waals surface area contributed by atoms with Gasteiger partial charge in [0.2, 0.25) is 0 Å². The topological polar surface area (TPSA) is 18.5 Å². The molecule has 1 unspecified atom stereocenters. The van der Waals surface area contributed by atoms with Crippen molar-refractivity contribution in [1.82, 2.24) is 0 Å². The molecule has 1 heterocycles. The summed E-state index contributed by atoms with van der Waals surface area (Å²) in [5.74, 6) is 1.46. The van der Waals surface area contributed by atoms with E-state index in [1.165, 1.54) is 0 Å². The monoisotopic (exact) mass is 416 g/mol. The smallest absolute Gasteiger partial charge is 0.162 e. The first-order chi connectivity index (χ1) is 9.65. The van der Waals surface area contributed by atoms with Crippen molar-refractivity contribution in [3.05, 3.63) is 57.0 Å². The van der Waals surface area contributed by atoms with Gasteiger partial charge in [-0.15, -0.1) is 0 Å². The van der Waals surface area contributed by atoms with Crippen LogP contribution in [0.15, 0.2) is 40.9 Å². The standard InChI is InChI=1S/C15H11Br2ClO2/c16-10-3-1-9(2-4-10)15(17)11-7-13-14(8-12(11)18)20-6-5-19-13/h1-4,7-8,15H,5-6H2. The van der Waals surface area contributed by atoms with Gasteiger partial charge in [-0.25, -0.2) is 0 Å². The van der Waals surface area contributed by atoms with Crippen LogP contribution in [0.25, 0.3) is 0 Å². The van der Waals surface area contributed by atoms with Crippen LogP contribution in [0.5, 0.6) is 11.5 Å². The minimum absolute atomic E-state index is 0.0129. The van der Waals surface area contributed by atoms with E-state index in [0.29, 0.717) is 24.0 Å². The van der Waals surface area contributed by atoms with E-state index in [2.05, 4.69) is 44.0 Å². The van der Waals surface area contributed by atoms with Crippen molar-refractivity contribution in [2.24, 2.45) is 0 Å². The van der Waals surface area contributed by atoms with Gasteiger partial charge in [-0.05, 0) is 29.3 Å². The fourth-order valence-electron chi connectivity index (χ4n) is 2.09. The highest BCUT2D eigenvalue weighted by molar-refractivity contribution is 9.10. The molecule has 0 aliphatic carbocycles. The van der Waals surface area contributed by atoms with E-state index in [0.717, 1.165) is 21.3 Å². The van der Waals surface area contributed by atoms with Gasteiger partial charge in [-0.1, -0.05) is 55.6 Å². The van der Waals surface area contributed by atoms with Gasteiger partial charge in [0, 0.05) is 15.6 Å². The molecule has 0 radical (unpaired) electrons. The molecule has 0 aromatic heterocycles. The van der Waals surface area contributed by atoms with Crippen LogP contribution in [0, 0.1) is 0 Å². The molecule has 0 N–H and O–H groups in total. The summed E-state index contributed by atoms with van der Waals surface area (Å²) in [5.41, 5.74) is 2.10. The van der Waals surface area contributed by atoms with Crippen molar-refractivity contribution in [1.29, 1.82) is 0 Å². The molecule has 2 aromatic rings. The summed E-state index contributed by atoms with van der Waals surface area (Å²) in [7, 11) is 0. The van der Waals surface area contributed by atoms with E-state index < -0.39 is 0 Å². The molecule has 0 amide bonds. The largest absolute Gasteiger partial charge is 0.486 e. The Labute approximate surface area is 139 Å². The fourth-order valence-corrected chi connectivity index (χ4v) is 3.43. The van der Waals surface area contributed by atoms with Crippen molar-refractivity contribution >= 4 is 43.5 Å². The van der Waals surface area contributed by atoms with Crippen molar-refractivity contribution in [2.45, 2.75) is 4.83 Å². The van der Waals surface area contributed by atoms with Crippen LogP contribution in [-0.2, 0) is 0 Å². The van der Waals surface area contributed by atoms with Crippen LogP contribution in [-0.4, -0.2) is 13.2 Å². The Morgan fingerprint density at radius 1 is 1.00 bits per heavy atom. The molecule has 0 bridgehead atoms. The van der Waals surface area contributed by atoms with Crippen LogP contribution in [0.2, 0.25) is 5.02 Å². The van der Waals surface area contributed by atoms with Crippen LogP contribution < -0.4 is 9.47 Å². The lowest BCUT2D eigenvalue weighted by atomic mass is 10.0. The highest BCUT2D eigenvalue weighted by Crippen LogP contribution is 2.42. The first-order valence-corrected chi connectivity index (χ1v) is 8.22. The van der Waals surface area contributed by atoms with Gasteiger partial charge in [0.1, 0.15) is 13.2 Å². The van der Waals surface area contributed by atoms with Crippen LogP contribution in [0.4, 0.5) is 0 Å². The molecule has 3 rings (SSSR count). The maximum atomic E-state index is 6.36. The van der Waals surface area contributed by atoms with Gasteiger partial charge in [-0.3, -0.25) is 0 Å². The quantitative estimate of drug-likeness (QED) is 0.612. The molecule has 1 aliphatic heterocycles. The first-order valence-electron chi connectivity index (χ1n) is 6.14. The second-order valence-electron chi connectivity index (χ2n) is 4.43. The summed E-state index contributed by atoms with van der Waals surface area (Å²) in [5, 5.41) is 0.666. The number of benzene rings is 2. The summed E-state index contributed by atoms with van der Waals surface area (Å²) in [6.07, 6.45) is 0. The summed E-state index contributed by atoms with van der Waals surface area (Å²) in [6.45, 7) is 1.13. The fraction of sp³-hybridized carbons (Fsp3) is 0.200. The average Bonchev–Trinajstić information content (AvgIpc) is 2.46. The number of halogens is 3. The normalized spacial score (nSPS) is 14.9. The second-order valence-corrected chi connectivity index (χ2v) is 6.67. The van der Waals surface area contributed by atoms with E-state index in [1.54, 1.807) is 0 Å². The third-order valence-electron chi connectivity index (χ3n) is 3.10. The number of hydrogen-bond donors (Lipinski definition) is 0. The van der Waals surface area contributed by atoms with E-state index in [1.807, 2.05) is 24.3 Å². The van der Waals surface area contributed by atoms with Crippen LogP contribution in [0.3, 0.4) is 0 Å². The number of ether oxygens (including phenoxy) is 2. The van der Waals surface area contributed by atoms with Crippen LogP contribution in [0.1, 0.15) is 16.0 Å². The molecule has 0 fully saturated rings. The summed E-state index contributed by atoms with van der Waals surface area (Å²) in [4.78, 5) is 0.0129. The molecule has 2 aromatic carbocycles. The Bertz CT molecular complexity index is 629. The molecule has 0 saturated heterocycles. The summed E-state index contributed by atoms with van der Waals surface area (Å²) in [6, 6.07) is 11.9. The molecule has 1 atom stereocenters. The Hall–Kier alpha value is -0.710. The predicted molar refractivity (Wildman–Crippen MR) is 87.4 cm³/mol. The molecule has 1 aliphatic rings. The molecule has 104 valence electrons. The van der Waals surface area contributed by atoms with Gasteiger partial charge in [0.15, 0.2) is 11.5 Å². The molecule has 0 saturated carbocycles. The van der Waals surface area contributed by atoms with Crippen molar-refractivity contribution in [2.75, 3.05) is 13.2 Å². The second kappa shape index (κ2) is 5.96. The number of hydrogen-bond acceptors (Lipinski definition) is 2. The van der Waals surface area contributed by atoms with E-state index in [-0.39, 0.29) is 4.83 Å².